The minimum absolute atomic E-state index is 0.0718. The molecule has 1 aliphatic heterocycles. The number of benzene rings is 2. The number of nitrogens with one attached hydrogen (secondary N) is 2. The van der Waals surface area contributed by atoms with Gasteiger partial charge in [-0.3, -0.25) is 9.52 Å². The van der Waals surface area contributed by atoms with E-state index in [-0.39, 0.29) is 10.8 Å². The third-order valence-electron chi connectivity index (χ3n) is 4.09. The average molecular weight is 395 g/mol. The van der Waals surface area contributed by atoms with Crippen molar-refractivity contribution in [3.05, 3.63) is 53.1 Å². The highest BCUT2D eigenvalue weighted by molar-refractivity contribution is 7.92. The lowest BCUT2D eigenvalue weighted by molar-refractivity contribution is -0.124. The first-order chi connectivity index (χ1) is 12.4. The highest BCUT2D eigenvalue weighted by Crippen LogP contribution is 2.27. The van der Waals surface area contributed by atoms with Crippen molar-refractivity contribution in [2.75, 3.05) is 16.6 Å². The third-order valence-corrected chi connectivity index (χ3v) is 5.92. The van der Waals surface area contributed by atoms with Crippen LogP contribution >= 0.6 is 11.6 Å². The zero-order valence-electron chi connectivity index (χ0n) is 14.2. The third kappa shape index (κ3) is 4.17. The van der Waals surface area contributed by atoms with E-state index < -0.39 is 16.1 Å². The van der Waals surface area contributed by atoms with Crippen LogP contribution in [0.5, 0.6) is 0 Å². The summed E-state index contributed by atoms with van der Waals surface area (Å²) < 4.78 is 33.3. The standard InChI is InChI=1S/C18H19ClN2O4S/c1-12-8-9-13(20-18(22)16-7-4-10-25-16)11-17(12)26(23,24)21-15-6-3-2-5-14(15)19/h2-3,5-6,8-9,11,16,21H,4,7,10H2,1H3,(H,20,22). The highest BCUT2D eigenvalue weighted by atomic mass is 35.5. The predicted molar refractivity (Wildman–Crippen MR) is 101 cm³/mol. The zero-order chi connectivity index (χ0) is 18.7. The van der Waals surface area contributed by atoms with E-state index in [2.05, 4.69) is 10.0 Å². The van der Waals surface area contributed by atoms with Crippen LogP contribution in [0.15, 0.2) is 47.4 Å². The maximum atomic E-state index is 12.8. The summed E-state index contributed by atoms with van der Waals surface area (Å²) in [6.45, 7) is 2.25. The van der Waals surface area contributed by atoms with E-state index in [9.17, 15) is 13.2 Å². The molecule has 0 spiro atoms. The van der Waals surface area contributed by atoms with Crippen LogP contribution < -0.4 is 10.0 Å². The number of hydrogen-bond acceptors (Lipinski definition) is 4. The molecule has 6 nitrogen and oxygen atoms in total. The molecule has 138 valence electrons. The molecule has 3 rings (SSSR count). The zero-order valence-corrected chi connectivity index (χ0v) is 15.7. The fourth-order valence-electron chi connectivity index (χ4n) is 2.72. The molecule has 2 aromatic rings. The maximum Gasteiger partial charge on any atom is 0.262 e. The van der Waals surface area contributed by atoms with E-state index in [4.69, 9.17) is 16.3 Å². The van der Waals surface area contributed by atoms with Crippen molar-refractivity contribution in [3.8, 4) is 0 Å². The van der Waals surface area contributed by atoms with Gasteiger partial charge in [0.2, 0.25) is 0 Å². The Morgan fingerprint density at radius 3 is 2.69 bits per heavy atom. The summed E-state index contributed by atoms with van der Waals surface area (Å²) in [5.74, 6) is -0.270. The Morgan fingerprint density at radius 2 is 2.00 bits per heavy atom. The summed E-state index contributed by atoms with van der Waals surface area (Å²) >= 11 is 6.03. The Kier molecular flexibility index (Phi) is 5.50. The van der Waals surface area contributed by atoms with Crippen molar-refractivity contribution in [2.24, 2.45) is 0 Å². The number of ether oxygens (including phenoxy) is 1. The van der Waals surface area contributed by atoms with Crippen LogP contribution in [0, 0.1) is 6.92 Å². The van der Waals surface area contributed by atoms with Crippen LogP contribution in [0.3, 0.4) is 0 Å². The topological polar surface area (TPSA) is 84.5 Å². The number of hydrogen-bond donors (Lipinski definition) is 2. The summed E-state index contributed by atoms with van der Waals surface area (Å²) in [7, 11) is -3.86. The lowest BCUT2D eigenvalue weighted by atomic mass is 10.2. The molecule has 1 unspecified atom stereocenters. The molecule has 0 aromatic heterocycles. The second-order valence-electron chi connectivity index (χ2n) is 6.06. The summed E-state index contributed by atoms with van der Waals surface area (Å²) in [4.78, 5) is 12.2. The van der Waals surface area contributed by atoms with E-state index in [0.29, 0.717) is 35.0 Å². The van der Waals surface area contributed by atoms with Crippen LogP contribution in [0.4, 0.5) is 11.4 Å². The molecular formula is C18H19ClN2O4S. The van der Waals surface area contributed by atoms with Gasteiger partial charge in [0.25, 0.3) is 15.9 Å². The van der Waals surface area contributed by atoms with Crippen LogP contribution in [-0.2, 0) is 19.6 Å². The Balaban J connectivity index is 1.84. The van der Waals surface area contributed by atoms with Gasteiger partial charge < -0.3 is 10.1 Å². The molecular weight excluding hydrogens is 376 g/mol. The molecule has 0 radical (unpaired) electrons. The minimum atomic E-state index is -3.86. The van der Waals surface area contributed by atoms with Gasteiger partial charge in [-0.1, -0.05) is 29.8 Å². The van der Waals surface area contributed by atoms with Gasteiger partial charge in [-0.25, -0.2) is 8.42 Å². The quantitative estimate of drug-likeness (QED) is 0.811. The molecule has 1 heterocycles. The number of amides is 1. The Bertz CT molecular complexity index is 925. The van der Waals surface area contributed by atoms with E-state index in [1.165, 1.54) is 6.07 Å². The van der Waals surface area contributed by atoms with Crippen molar-refractivity contribution < 1.29 is 17.9 Å². The number of carbonyl (C=O) groups is 1. The Hall–Kier alpha value is -2.09. The molecule has 26 heavy (non-hydrogen) atoms. The number of para-hydroxylation sites is 1. The van der Waals surface area contributed by atoms with E-state index >= 15 is 0 Å². The minimum Gasteiger partial charge on any atom is -0.368 e. The fourth-order valence-corrected chi connectivity index (χ4v) is 4.31. The van der Waals surface area contributed by atoms with Gasteiger partial charge in [0.1, 0.15) is 6.10 Å². The van der Waals surface area contributed by atoms with Gasteiger partial charge >= 0.3 is 0 Å². The smallest absolute Gasteiger partial charge is 0.262 e. The van der Waals surface area contributed by atoms with Gasteiger partial charge in [-0.15, -0.1) is 0 Å². The number of sulfonamides is 1. The fraction of sp³-hybridized carbons (Fsp3) is 0.278. The predicted octanol–water partition coefficient (Wildman–Crippen LogP) is 3.57. The van der Waals surface area contributed by atoms with Crippen LogP contribution in [0.25, 0.3) is 0 Å². The van der Waals surface area contributed by atoms with E-state index in [1.807, 2.05) is 0 Å². The SMILES string of the molecule is Cc1ccc(NC(=O)C2CCCO2)cc1S(=O)(=O)Nc1ccccc1Cl. The number of halogens is 1. The van der Waals surface area contributed by atoms with Gasteiger partial charge in [0, 0.05) is 12.3 Å². The molecule has 1 saturated heterocycles. The molecule has 0 aliphatic carbocycles. The second kappa shape index (κ2) is 7.65. The van der Waals surface area contributed by atoms with E-state index in [0.717, 1.165) is 6.42 Å². The number of anilines is 2. The Labute approximate surface area is 157 Å². The molecule has 2 aromatic carbocycles. The lowest BCUT2D eigenvalue weighted by Crippen LogP contribution is -2.27. The molecule has 1 atom stereocenters. The van der Waals surface area contributed by atoms with Gasteiger partial charge in [0.05, 0.1) is 15.6 Å². The van der Waals surface area contributed by atoms with Crippen LogP contribution in [-0.4, -0.2) is 27.0 Å². The Morgan fingerprint density at radius 1 is 1.23 bits per heavy atom. The first-order valence-electron chi connectivity index (χ1n) is 8.17. The van der Waals surface area contributed by atoms with Crippen molar-refractivity contribution in [3.63, 3.8) is 0 Å². The maximum absolute atomic E-state index is 12.8. The van der Waals surface area contributed by atoms with Crippen molar-refractivity contribution in [2.45, 2.75) is 30.8 Å². The molecule has 0 bridgehead atoms. The molecule has 2 N–H and O–H groups in total. The summed E-state index contributed by atoms with van der Waals surface area (Å²) in [5.41, 5.74) is 1.25. The largest absolute Gasteiger partial charge is 0.368 e. The van der Waals surface area contributed by atoms with Gasteiger partial charge in [-0.2, -0.15) is 0 Å². The van der Waals surface area contributed by atoms with Crippen molar-refractivity contribution in [1.82, 2.24) is 0 Å². The second-order valence-corrected chi connectivity index (χ2v) is 8.11. The van der Waals surface area contributed by atoms with Crippen molar-refractivity contribution >= 4 is 38.9 Å². The summed E-state index contributed by atoms with van der Waals surface area (Å²) in [5, 5.41) is 3.02. The first kappa shape index (κ1) is 18.7. The van der Waals surface area contributed by atoms with Crippen LogP contribution in [0.2, 0.25) is 5.02 Å². The lowest BCUT2D eigenvalue weighted by Gasteiger charge is -2.14. The van der Waals surface area contributed by atoms with Gasteiger partial charge in [-0.05, 0) is 49.6 Å². The molecule has 0 saturated carbocycles. The summed E-state index contributed by atoms with van der Waals surface area (Å²) in [6, 6.07) is 11.3. The van der Waals surface area contributed by atoms with E-state index in [1.54, 1.807) is 43.3 Å². The average Bonchev–Trinajstić information content (AvgIpc) is 3.13. The van der Waals surface area contributed by atoms with Crippen molar-refractivity contribution in [1.29, 1.82) is 0 Å². The number of carbonyl (C=O) groups excluding carboxylic acids is 1. The molecule has 8 heteroatoms. The molecule has 1 fully saturated rings. The van der Waals surface area contributed by atoms with Crippen LogP contribution in [0.1, 0.15) is 18.4 Å². The number of rotatable bonds is 5. The monoisotopic (exact) mass is 394 g/mol. The highest BCUT2D eigenvalue weighted by Gasteiger charge is 2.24. The normalized spacial score (nSPS) is 17.1. The molecule has 1 amide bonds. The first-order valence-corrected chi connectivity index (χ1v) is 10.0. The number of aryl methyl sites for hydroxylation is 1. The van der Waals surface area contributed by atoms with Gasteiger partial charge in [0.15, 0.2) is 0 Å². The summed E-state index contributed by atoms with van der Waals surface area (Å²) in [6.07, 6.45) is 1.02. The molecule has 1 aliphatic rings.